The number of halogens is 1. The Hall–Kier alpha value is -1.81. The standard InChI is InChI=1S/C17H19ClN2O2/c1-2-13-11-16(22-19-13)15-8-5-9-20(15)17(21)10-12-6-3-4-7-14(12)18/h3-4,6-7,11,15H,2,5,8-10H2,1H3. The number of amides is 1. The normalized spacial score (nSPS) is 17.9. The Bertz CT molecular complexity index is 668. The fraction of sp³-hybridized carbons (Fsp3) is 0.412. The van der Waals surface area contributed by atoms with E-state index in [1.807, 2.05) is 42.2 Å². The molecule has 116 valence electrons. The number of aryl methyl sites for hydroxylation is 1. The summed E-state index contributed by atoms with van der Waals surface area (Å²) in [7, 11) is 0. The third-order valence-electron chi connectivity index (χ3n) is 4.14. The number of nitrogens with zero attached hydrogens (tertiary/aromatic N) is 2. The zero-order valence-electron chi connectivity index (χ0n) is 12.6. The average molecular weight is 319 g/mol. The minimum Gasteiger partial charge on any atom is -0.359 e. The van der Waals surface area contributed by atoms with Gasteiger partial charge in [-0.2, -0.15) is 0 Å². The van der Waals surface area contributed by atoms with Gasteiger partial charge in [0.2, 0.25) is 5.91 Å². The minimum absolute atomic E-state index is 0.00258. The third kappa shape index (κ3) is 3.02. The van der Waals surface area contributed by atoms with Crippen molar-refractivity contribution in [3.8, 4) is 0 Å². The van der Waals surface area contributed by atoms with Crippen LogP contribution >= 0.6 is 11.6 Å². The van der Waals surface area contributed by atoms with Crippen molar-refractivity contribution >= 4 is 17.5 Å². The predicted octanol–water partition coefficient (Wildman–Crippen LogP) is 3.80. The maximum atomic E-state index is 12.6. The van der Waals surface area contributed by atoms with E-state index in [1.54, 1.807) is 0 Å². The molecule has 0 saturated carbocycles. The predicted molar refractivity (Wildman–Crippen MR) is 84.7 cm³/mol. The summed E-state index contributed by atoms with van der Waals surface area (Å²) in [5, 5.41) is 4.68. The van der Waals surface area contributed by atoms with E-state index in [0.29, 0.717) is 11.4 Å². The molecular formula is C17H19ClN2O2. The quantitative estimate of drug-likeness (QED) is 0.861. The Morgan fingerprint density at radius 2 is 2.27 bits per heavy atom. The molecule has 22 heavy (non-hydrogen) atoms. The van der Waals surface area contributed by atoms with Gasteiger partial charge in [0.1, 0.15) is 0 Å². The molecule has 2 aromatic rings. The molecule has 1 aliphatic rings. The van der Waals surface area contributed by atoms with Gasteiger partial charge >= 0.3 is 0 Å². The second-order valence-corrected chi connectivity index (χ2v) is 5.99. The molecule has 1 aromatic heterocycles. The van der Waals surface area contributed by atoms with Crippen molar-refractivity contribution in [2.45, 2.75) is 38.6 Å². The van der Waals surface area contributed by atoms with Crippen molar-refractivity contribution in [3.63, 3.8) is 0 Å². The van der Waals surface area contributed by atoms with E-state index >= 15 is 0 Å². The molecule has 1 amide bonds. The molecule has 1 fully saturated rings. The first-order chi connectivity index (χ1) is 10.7. The maximum Gasteiger partial charge on any atom is 0.227 e. The van der Waals surface area contributed by atoms with Crippen LogP contribution in [0.3, 0.4) is 0 Å². The molecule has 5 heteroatoms. The van der Waals surface area contributed by atoms with Gasteiger partial charge in [-0.05, 0) is 30.9 Å². The fourth-order valence-electron chi connectivity index (χ4n) is 2.92. The molecule has 1 aromatic carbocycles. The summed E-state index contributed by atoms with van der Waals surface area (Å²) in [6.07, 6.45) is 3.07. The highest BCUT2D eigenvalue weighted by Gasteiger charge is 2.32. The van der Waals surface area contributed by atoms with Crippen molar-refractivity contribution in [2.24, 2.45) is 0 Å². The van der Waals surface area contributed by atoms with Crippen LogP contribution in [0.5, 0.6) is 0 Å². The summed E-state index contributed by atoms with van der Waals surface area (Å²) in [6.45, 7) is 2.80. The first-order valence-corrected chi connectivity index (χ1v) is 8.05. The van der Waals surface area contributed by atoms with Crippen molar-refractivity contribution < 1.29 is 9.32 Å². The highest BCUT2D eigenvalue weighted by molar-refractivity contribution is 6.31. The lowest BCUT2D eigenvalue weighted by molar-refractivity contribution is -0.131. The Morgan fingerprint density at radius 3 is 3.00 bits per heavy atom. The van der Waals surface area contributed by atoms with Crippen LogP contribution in [0.1, 0.15) is 42.8 Å². The molecule has 0 bridgehead atoms. The van der Waals surface area contributed by atoms with Gasteiger partial charge in [-0.1, -0.05) is 41.9 Å². The van der Waals surface area contributed by atoms with Crippen LogP contribution in [0.15, 0.2) is 34.9 Å². The van der Waals surface area contributed by atoms with Crippen LogP contribution in [-0.2, 0) is 17.6 Å². The molecule has 1 aliphatic heterocycles. The van der Waals surface area contributed by atoms with Gasteiger partial charge in [-0.3, -0.25) is 4.79 Å². The second-order valence-electron chi connectivity index (χ2n) is 5.59. The Kier molecular flexibility index (Phi) is 4.48. The maximum absolute atomic E-state index is 12.6. The summed E-state index contributed by atoms with van der Waals surface area (Å²) in [4.78, 5) is 14.5. The van der Waals surface area contributed by atoms with Crippen LogP contribution in [0, 0.1) is 0 Å². The van der Waals surface area contributed by atoms with Gasteiger partial charge < -0.3 is 9.42 Å². The van der Waals surface area contributed by atoms with Crippen LogP contribution in [0.2, 0.25) is 5.02 Å². The number of likely N-dealkylation sites (tertiary alicyclic amines) is 1. The van der Waals surface area contributed by atoms with E-state index in [-0.39, 0.29) is 11.9 Å². The minimum atomic E-state index is 0.00258. The summed E-state index contributed by atoms with van der Waals surface area (Å²) in [5.74, 6) is 0.881. The largest absolute Gasteiger partial charge is 0.359 e. The molecule has 3 rings (SSSR count). The Labute approximate surface area is 135 Å². The zero-order chi connectivity index (χ0) is 15.5. The summed E-state index contributed by atoms with van der Waals surface area (Å²) in [6, 6.07) is 9.45. The van der Waals surface area contributed by atoms with Crippen molar-refractivity contribution in [3.05, 3.63) is 52.4 Å². The summed E-state index contributed by atoms with van der Waals surface area (Å²) in [5.41, 5.74) is 1.80. The van der Waals surface area contributed by atoms with Crippen LogP contribution in [-0.4, -0.2) is 22.5 Å². The SMILES string of the molecule is CCc1cc(C2CCCN2C(=O)Cc2ccccc2Cl)on1. The Balaban J connectivity index is 1.75. The lowest BCUT2D eigenvalue weighted by Crippen LogP contribution is -2.31. The van der Waals surface area contributed by atoms with E-state index < -0.39 is 0 Å². The molecule has 4 nitrogen and oxygen atoms in total. The molecule has 1 unspecified atom stereocenters. The molecular weight excluding hydrogens is 300 g/mol. The number of hydrogen-bond donors (Lipinski definition) is 0. The number of carbonyl (C=O) groups excluding carboxylic acids is 1. The van der Waals surface area contributed by atoms with Crippen LogP contribution < -0.4 is 0 Å². The van der Waals surface area contributed by atoms with Gasteiger partial charge in [-0.15, -0.1) is 0 Å². The number of carbonyl (C=O) groups is 1. The number of hydrogen-bond acceptors (Lipinski definition) is 3. The van der Waals surface area contributed by atoms with E-state index in [4.69, 9.17) is 16.1 Å². The lowest BCUT2D eigenvalue weighted by atomic mass is 10.1. The molecule has 2 heterocycles. The second kappa shape index (κ2) is 6.53. The Morgan fingerprint density at radius 1 is 1.45 bits per heavy atom. The number of rotatable bonds is 4. The van der Waals surface area contributed by atoms with E-state index in [9.17, 15) is 4.79 Å². The van der Waals surface area contributed by atoms with Crippen molar-refractivity contribution in [2.75, 3.05) is 6.54 Å². The topological polar surface area (TPSA) is 46.3 Å². The lowest BCUT2D eigenvalue weighted by Gasteiger charge is -2.23. The van der Waals surface area contributed by atoms with Crippen molar-refractivity contribution in [1.82, 2.24) is 10.1 Å². The third-order valence-corrected chi connectivity index (χ3v) is 4.51. The van der Waals surface area contributed by atoms with E-state index in [1.165, 1.54) is 0 Å². The van der Waals surface area contributed by atoms with Gasteiger partial charge in [0, 0.05) is 17.6 Å². The molecule has 0 aliphatic carbocycles. The fourth-order valence-corrected chi connectivity index (χ4v) is 3.12. The average Bonchev–Trinajstić information content (AvgIpc) is 3.17. The van der Waals surface area contributed by atoms with Gasteiger partial charge in [0.15, 0.2) is 5.76 Å². The van der Waals surface area contributed by atoms with E-state index in [2.05, 4.69) is 5.16 Å². The molecule has 1 atom stereocenters. The van der Waals surface area contributed by atoms with Crippen molar-refractivity contribution in [1.29, 1.82) is 0 Å². The van der Waals surface area contributed by atoms with Gasteiger partial charge in [-0.25, -0.2) is 0 Å². The first kappa shape index (κ1) is 15.1. The highest BCUT2D eigenvalue weighted by atomic mass is 35.5. The van der Waals surface area contributed by atoms with Crippen LogP contribution in [0.4, 0.5) is 0 Å². The zero-order valence-corrected chi connectivity index (χ0v) is 13.3. The van der Waals surface area contributed by atoms with Gasteiger partial charge in [0.25, 0.3) is 0 Å². The molecule has 0 spiro atoms. The number of benzene rings is 1. The summed E-state index contributed by atoms with van der Waals surface area (Å²) >= 11 is 6.15. The van der Waals surface area contributed by atoms with E-state index in [0.717, 1.165) is 42.8 Å². The molecule has 0 N–H and O–H groups in total. The smallest absolute Gasteiger partial charge is 0.227 e. The van der Waals surface area contributed by atoms with Gasteiger partial charge in [0.05, 0.1) is 18.2 Å². The first-order valence-electron chi connectivity index (χ1n) is 7.67. The highest BCUT2D eigenvalue weighted by Crippen LogP contribution is 2.33. The molecule has 0 radical (unpaired) electrons. The van der Waals surface area contributed by atoms with Crippen LogP contribution in [0.25, 0.3) is 0 Å². The molecule has 1 saturated heterocycles. The summed E-state index contributed by atoms with van der Waals surface area (Å²) < 4.78 is 5.42. The number of aromatic nitrogens is 1. The monoisotopic (exact) mass is 318 g/mol.